The lowest BCUT2D eigenvalue weighted by atomic mass is 9.90. The summed E-state index contributed by atoms with van der Waals surface area (Å²) in [5, 5.41) is 14.2. The van der Waals surface area contributed by atoms with Crippen molar-refractivity contribution in [3.8, 4) is 6.07 Å². The lowest BCUT2D eigenvalue weighted by molar-refractivity contribution is -0.151. The molecule has 0 aromatic heterocycles. The van der Waals surface area contributed by atoms with Gasteiger partial charge < -0.3 is 15.4 Å². The third-order valence-electron chi connectivity index (χ3n) is 4.46. The number of nitriles is 1. The van der Waals surface area contributed by atoms with Crippen molar-refractivity contribution < 1.29 is 23.5 Å². The highest BCUT2D eigenvalue weighted by atomic mass is 19.1. The number of carbonyl (C=O) groups excluding carboxylic acids is 3. The molecule has 7 nitrogen and oxygen atoms in total. The molecular weight excluding hydrogens is 365 g/mol. The van der Waals surface area contributed by atoms with E-state index in [1.165, 1.54) is 18.2 Å². The van der Waals surface area contributed by atoms with Crippen LogP contribution >= 0.6 is 0 Å². The maximum absolute atomic E-state index is 13.7. The van der Waals surface area contributed by atoms with Crippen molar-refractivity contribution in [2.45, 2.75) is 46.2 Å². The Kier molecular flexibility index (Phi) is 8.11. The topological polar surface area (TPSA) is 108 Å². The van der Waals surface area contributed by atoms with Crippen LogP contribution in [0.1, 0.15) is 45.0 Å². The summed E-state index contributed by atoms with van der Waals surface area (Å²) in [6, 6.07) is 6.36. The van der Waals surface area contributed by atoms with Gasteiger partial charge in [0.15, 0.2) is 6.61 Å². The van der Waals surface area contributed by atoms with Gasteiger partial charge in [-0.1, -0.05) is 39.8 Å². The van der Waals surface area contributed by atoms with E-state index in [1.807, 2.05) is 6.07 Å². The van der Waals surface area contributed by atoms with Crippen molar-refractivity contribution in [3.63, 3.8) is 0 Å². The number of halogens is 1. The molecule has 0 bridgehead atoms. The predicted molar refractivity (Wildman–Crippen MR) is 100 cm³/mol. The highest BCUT2D eigenvalue weighted by molar-refractivity contribution is 5.97. The van der Waals surface area contributed by atoms with E-state index < -0.39 is 41.8 Å². The quantitative estimate of drug-likeness (QED) is 0.660. The van der Waals surface area contributed by atoms with Crippen LogP contribution in [0.15, 0.2) is 24.3 Å². The Balaban J connectivity index is 2.73. The SMILES string of the molecule is CC(C)[C@H](NC(=O)c1ccccc1F)C(=O)OCC(=O)N[C@@](C)(C#N)C(C)C. The highest BCUT2D eigenvalue weighted by Crippen LogP contribution is 2.15. The summed E-state index contributed by atoms with van der Waals surface area (Å²) in [6.45, 7) is 7.90. The largest absolute Gasteiger partial charge is 0.454 e. The minimum absolute atomic E-state index is 0.152. The molecule has 0 heterocycles. The smallest absolute Gasteiger partial charge is 0.329 e. The van der Waals surface area contributed by atoms with Crippen LogP contribution in [0.4, 0.5) is 4.39 Å². The van der Waals surface area contributed by atoms with E-state index in [0.717, 1.165) is 6.07 Å². The normalized spacial score (nSPS) is 14.0. The fourth-order valence-corrected chi connectivity index (χ4v) is 2.22. The third kappa shape index (κ3) is 6.05. The number of benzene rings is 1. The number of nitrogens with zero attached hydrogens (tertiary/aromatic N) is 1. The minimum Gasteiger partial charge on any atom is -0.454 e. The molecule has 1 aromatic carbocycles. The fraction of sp³-hybridized carbons (Fsp3) is 0.500. The molecule has 0 aliphatic carbocycles. The number of ether oxygens (including phenoxy) is 1. The second-order valence-electron chi connectivity index (χ2n) is 7.30. The zero-order chi connectivity index (χ0) is 21.5. The van der Waals surface area contributed by atoms with E-state index in [-0.39, 0.29) is 17.4 Å². The first-order valence-corrected chi connectivity index (χ1v) is 8.96. The second-order valence-corrected chi connectivity index (χ2v) is 7.30. The zero-order valence-electron chi connectivity index (χ0n) is 16.7. The van der Waals surface area contributed by atoms with Gasteiger partial charge in [-0.15, -0.1) is 0 Å². The van der Waals surface area contributed by atoms with E-state index in [1.54, 1.807) is 34.6 Å². The Bertz CT molecular complexity index is 773. The zero-order valence-corrected chi connectivity index (χ0v) is 16.7. The molecule has 152 valence electrons. The lowest BCUT2D eigenvalue weighted by Gasteiger charge is -2.27. The van der Waals surface area contributed by atoms with Gasteiger partial charge in [-0.05, 0) is 30.9 Å². The molecule has 0 saturated carbocycles. The van der Waals surface area contributed by atoms with E-state index >= 15 is 0 Å². The van der Waals surface area contributed by atoms with Crippen LogP contribution in [0, 0.1) is 29.0 Å². The van der Waals surface area contributed by atoms with Crippen molar-refractivity contribution in [3.05, 3.63) is 35.6 Å². The van der Waals surface area contributed by atoms with Gasteiger partial charge in [0.25, 0.3) is 11.8 Å². The van der Waals surface area contributed by atoms with E-state index in [4.69, 9.17) is 4.74 Å². The average Bonchev–Trinajstić information content (AvgIpc) is 2.63. The summed E-state index contributed by atoms with van der Waals surface area (Å²) in [6.07, 6.45) is 0. The van der Waals surface area contributed by atoms with Gasteiger partial charge in [-0.3, -0.25) is 9.59 Å². The molecule has 2 amide bonds. The first kappa shape index (κ1) is 23.1. The van der Waals surface area contributed by atoms with Gasteiger partial charge in [0.2, 0.25) is 0 Å². The average molecular weight is 391 g/mol. The minimum atomic E-state index is -1.10. The monoisotopic (exact) mass is 391 g/mol. The van der Waals surface area contributed by atoms with Gasteiger partial charge in [0.1, 0.15) is 17.4 Å². The Morgan fingerprint density at radius 3 is 2.32 bits per heavy atom. The van der Waals surface area contributed by atoms with Crippen molar-refractivity contribution in [1.82, 2.24) is 10.6 Å². The number of rotatable bonds is 8. The Labute approximate surface area is 164 Å². The summed E-state index contributed by atoms with van der Waals surface area (Å²) in [7, 11) is 0. The molecule has 0 aliphatic heterocycles. The summed E-state index contributed by atoms with van der Waals surface area (Å²) < 4.78 is 18.7. The van der Waals surface area contributed by atoms with E-state index in [9.17, 15) is 24.0 Å². The van der Waals surface area contributed by atoms with E-state index in [2.05, 4.69) is 10.6 Å². The second kappa shape index (κ2) is 9.83. The van der Waals surface area contributed by atoms with Crippen LogP contribution < -0.4 is 10.6 Å². The molecule has 2 N–H and O–H groups in total. The summed E-state index contributed by atoms with van der Waals surface area (Å²) in [5.74, 6) is -3.42. The molecule has 0 unspecified atom stereocenters. The van der Waals surface area contributed by atoms with Crippen LogP contribution in [0.5, 0.6) is 0 Å². The number of hydrogen-bond acceptors (Lipinski definition) is 5. The molecule has 0 radical (unpaired) electrons. The van der Waals surface area contributed by atoms with Crippen LogP contribution in [-0.2, 0) is 14.3 Å². The van der Waals surface area contributed by atoms with Crippen LogP contribution in [-0.4, -0.2) is 36.0 Å². The first-order chi connectivity index (χ1) is 13.0. The maximum Gasteiger partial charge on any atom is 0.329 e. The molecule has 8 heteroatoms. The highest BCUT2D eigenvalue weighted by Gasteiger charge is 2.31. The number of amides is 2. The molecule has 0 spiro atoms. The molecule has 1 aromatic rings. The Morgan fingerprint density at radius 2 is 1.82 bits per heavy atom. The fourth-order valence-electron chi connectivity index (χ4n) is 2.22. The van der Waals surface area contributed by atoms with Gasteiger partial charge >= 0.3 is 5.97 Å². The molecule has 0 saturated heterocycles. The number of nitrogens with one attached hydrogen (secondary N) is 2. The Morgan fingerprint density at radius 1 is 1.21 bits per heavy atom. The third-order valence-corrected chi connectivity index (χ3v) is 4.46. The summed E-state index contributed by atoms with van der Waals surface area (Å²) in [5.41, 5.74) is -1.29. The number of esters is 1. The molecular formula is C20H26FN3O4. The van der Waals surface area contributed by atoms with Gasteiger partial charge in [0.05, 0.1) is 11.6 Å². The number of carbonyl (C=O) groups is 3. The summed E-state index contributed by atoms with van der Waals surface area (Å²) >= 11 is 0. The Hall–Kier alpha value is -2.95. The van der Waals surface area contributed by atoms with Crippen molar-refractivity contribution >= 4 is 17.8 Å². The molecule has 2 atom stereocenters. The lowest BCUT2D eigenvalue weighted by Crippen LogP contribution is -2.51. The standard InChI is InChI=1S/C20H26FN3O4/c1-12(2)17(23-18(26)14-8-6-7-9-15(14)21)19(27)28-10-16(25)24-20(5,11-22)13(3)4/h6-9,12-13,17H,10H2,1-5H3,(H,23,26)(H,24,25)/t17-,20-/m0/s1. The molecule has 0 fully saturated rings. The van der Waals surface area contributed by atoms with Crippen LogP contribution in [0.25, 0.3) is 0 Å². The van der Waals surface area contributed by atoms with Gasteiger partial charge in [0, 0.05) is 0 Å². The van der Waals surface area contributed by atoms with Crippen molar-refractivity contribution in [2.75, 3.05) is 6.61 Å². The maximum atomic E-state index is 13.7. The number of hydrogen-bond donors (Lipinski definition) is 2. The molecule has 1 rings (SSSR count). The predicted octanol–water partition coefficient (Wildman–Crippen LogP) is 2.18. The van der Waals surface area contributed by atoms with Crippen molar-refractivity contribution in [1.29, 1.82) is 5.26 Å². The van der Waals surface area contributed by atoms with Crippen LogP contribution in [0.3, 0.4) is 0 Å². The summed E-state index contributed by atoms with van der Waals surface area (Å²) in [4.78, 5) is 36.6. The van der Waals surface area contributed by atoms with E-state index in [0.29, 0.717) is 0 Å². The van der Waals surface area contributed by atoms with Gasteiger partial charge in [-0.2, -0.15) is 5.26 Å². The first-order valence-electron chi connectivity index (χ1n) is 8.96. The molecule has 0 aliphatic rings. The molecule has 28 heavy (non-hydrogen) atoms. The van der Waals surface area contributed by atoms with Crippen molar-refractivity contribution in [2.24, 2.45) is 11.8 Å². The van der Waals surface area contributed by atoms with Gasteiger partial charge in [-0.25, -0.2) is 9.18 Å². The van der Waals surface area contributed by atoms with Crippen LogP contribution in [0.2, 0.25) is 0 Å².